The lowest BCUT2D eigenvalue weighted by Crippen LogP contribution is -2.55. The first-order valence-electron chi connectivity index (χ1n) is 12.7. The number of rotatable bonds is 11. The summed E-state index contributed by atoms with van der Waals surface area (Å²) in [7, 11) is 1.47. The topological polar surface area (TPSA) is 129 Å². The monoisotopic (exact) mass is 556 g/mol. The zero-order valence-corrected chi connectivity index (χ0v) is 22.4. The van der Waals surface area contributed by atoms with Crippen LogP contribution in [0, 0.1) is 0 Å². The third-order valence-corrected chi connectivity index (χ3v) is 7.26. The predicted octanol–water partition coefficient (Wildman–Crippen LogP) is 2.46. The number of fused-ring (bicyclic) bond motifs is 3. The maximum absolute atomic E-state index is 13.5. The van der Waals surface area contributed by atoms with E-state index in [9.17, 15) is 24.9 Å². The fourth-order valence-corrected chi connectivity index (χ4v) is 5.26. The van der Waals surface area contributed by atoms with Gasteiger partial charge in [-0.1, -0.05) is 29.8 Å². The summed E-state index contributed by atoms with van der Waals surface area (Å²) in [5.41, 5.74) is 2.24. The van der Waals surface area contributed by atoms with Crippen molar-refractivity contribution in [3.63, 3.8) is 0 Å². The Labute approximate surface area is 232 Å². The molecule has 4 rings (SSSR count). The Kier molecular flexibility index (Phi) is 9.29. The Bertz CT molecular complexity index is 1250. The molecular weight excluding hydrogens is 524 g/mol. The molecule has 208 valence electrons. The molecule has 39 heavy (non-hydrogen) atoms. The van der Waals surface area contributed by atoms with Gasteiger partial charge in [0.25, 0.3) is 0 Å². The summed E-state index contributed by atoms with van der Waals surface area (Å²) in [6.07, 6.45) is 1.77. The van der Waals surface area contributed by atoms with Gasteiger partial charge in [-0.3, -0.25) is 9.59 Å². The molecule has 0 spiro atoms. The van der Waals surface area contributed by atoms with Crippen molar-refractivity contribution in [2.75, 3.05) is 20.3 Å². The lowest BCUT2D eigenvalue weighted by Gasteiger charge is -2.40. The van der Waals surface area contributed by atoms with E-state index in [-0.39, 0.29) is 44.2 Å². The minimum Gasteiger partial charge on any atom is -0.493 e. The Morgan fingerprint density at radius 2 is 1.95 bits per heavy atom. The summed E-state index contributed by atoms with van der Waals surface area (Å²) < 4.78 is 11.7. The first-order chi connectivity index (χ1) is 18.8. The molecule has 0 saturated carbocycles. The van der Waals surface area contributed by atoms with Gasteiger partial charge in [0.05, 0.1) is 32.3 Å². The van der Waals surface area contributed by atoms with E-state index in [0.717, 1.165) is 5.56 Å². The van der Waals surface area contributed by atoms with Crippen LogP contribution < -0.4 is 14.8 Å². The molecule has 0 radical (unpaired) electrons. The highest BCUT2D eigenvalue weighted by atomic mass is 35.5. The average Bonchev–Trinajstić information content (AvgIpc) is 3.34. The lowest BCUT2D eigenvalue weighted by molar-refractivity contribution is -0.138. The fraction of sp³-hybridized carbons (Fsp3) is 0.379. The van der Waals surface area contributed by atoms with Crippen LogP contribution in [0.4, 0.5) is 0 Å². The zero-order valence-electron chi connectivity index (χ0n) is 21.7. The second kappa shape index (κ2) is 12.7. The van der Waals surface area contributed by atoms with E-state index in [2.05, 4.69) is 11.9 Å². The largest absolute Gasteiger partial charge is 0.493 e. The SMILES string of the molecule is C=CCCC(=O)N(Cc1ccc(Cl)cc1)C1C=C(C(=O)NCCO)C2c3cc(CO)cc(OC)c3OC2C1O. The van der Waals surface area contributed by atoms with Gasteiger partial charge in [-0.05, 0) is 47.9 Å². The van der Waals surface area contributed by atoms with E-state index < -0.39 is 30.1 Å². The summed E-state index contributed by atoms with van der Waals surface area (Å²) >= 11 is 6.05. The molecule has 2 aromatic carbocycles. The molecule has 2 amide bonds. The summed E-state index contributed by atoms with van der Waals surface area (Å²) in [4.78, 5) is 28.4. The van der Waals surface area contributed by atoms with Gasteiger partial charge in [-0.15, -0.1) is 6.58 Å². The van der Waals surface area contributed by atoms with Gasteiger partial charge in [0.1, 0.15) is 12.2 Å². The molecule has 0 aromatic heterocycles. The molecule has 0 saturated heterocycles. The van der Waals surface area contributed by atoms with Crippen molar-refractivity contribution in [2.45, 2.75) is 50.2 Å². The van der Waals surface area contributed by atoms with E-state index in [4.69, 9.17) is 21.1 Å². The number of aliphatic hydroxyl groups excluding tert-OH is 3. The highest BCUT2D eigenvalue weighted by molar-refractivity contribution is 6.30. The van der Waals surface area contributed by atoms with Crippen LogP contribution in [0.25, 0.3) is 0 Å². The maximum Gasteiger partial charge on any atom is 0.247 e. The minimum atomic E-state index is -1.20. The van der Waals surface area contributed by atoms with Crippen molar-refractivity contribution in [2.24, 2.45) is 0 Å². The molecule has 2 aliphatic rings. The van der Waals surface area contributed by atoms with Gasteiger partial charge < -0.3 is 35.0 Å². The van der Waals surface area contributed by atoms with Crippen LogP contribution in [0.2, 0.25) is 5.02 Å². The molecule has 0 bridgehead atoms. The van der Waals surface area contributed by atoms with Crippen LogP contribution in [-0.2, 0) is 22.7 Å². The van der Waals surface area contributed by atoms with E-state index in [1.165, 1.54) is 12.0 Å². The molecule has 9 nitrogen and oxygen atoms in total. The number of hydrogen-bond acceptors (Lipinski definition) is 7. The number of aliphatic hydroxyl groups is 3. The first kappa shape index (κ1) is 28.6. The van der Waals surface area contributed by atoms with Crippen LogP contribution in [-0.4, -0.2) is 70.5 Å². The number of carbonyl (C=O) groups is 2. The van der Waals surface area contributed by atoms with Crippen molar-refractivity contribution >= 4 is 23.4 Å². The minimum absolute atomic E-state index is 0.0290. The third-order valence-electron chi connectivity index (χ3n) is 7.00. The number of ether oxygens (including phenoxy) is 2. The number of nitrogens with one attached hydrogen (secondary N) is 1. The molecular formula is C29H33ClN2O7. The summed E-state index contributed by atoms with van der Waals surface area (Å²) in [5, 5.41) is 34.0. The standard InChI is InChI=1S/C29H33ClN2O7/c1-3-4-5-24(35)32(15-17-6-8-19(30)9-7-17)22-14-21(29(37)31-10-11-33)25-20-12-18(16-34)13-23(38-2)27(20)39-28(25)26(22)36/h3,6-9,12-14,22,25-26,28,33-34,36H,1,4-5,10-11,15-16H2,2H3,(H,31,37). The first-order valence-corrected chi connectivity index (χ1v) is 13.1. The highest BCUT2D eigenvalue weighted by Gasteiger charge is 2.51. The maximum atomic E-state index is 13.5. The predicted molar refractivity (Wildman–Crippen MR) is 145 cm³/mol. The Morgan fingerprint density at radius 3 is 2.59 bits per heavy atom. The quantitative estimate of drug-likeness (QED) is 0.313. The molecule has 4 atom stereocenters. The van der Waals surface area contributed by atoms with E-state index >= 15 is 0 Å². The number of nitrogens with zero attached hydrogens (tertiary/aromatic N) is 1. The van der Waals surface area contributed by atoms with E-state index in [0.29, 0.717) is 34.1 Å². The fourth-order valence-electron chi connectivity index (χ4n) is 5.13. The number of allylic oxidation sites excluding steroid dienone is 1. The van der Waals surface area contributed by atoms with Gasteiger partial charge in [-0.2, -0.15) is 0 Å². The van der Waals surface area contributed by atoms with Crippen LogP contribution in [0.5, 0.6) is 11.5 Å². The number of halogens is 1. The molecule has 4 unspecified atom stereocenters. The van der Waals surface area contributed by atoms with Crippen molar-refractivity contribution < 1.29 is 34.4 Å². The Hall–Kier alpha value is -3.37. The summed E-state index contributed by atoms with van der Waals surface area (Å²) in [6, 6.07) is 9.52. The normalized spacial score (nSPS) is 21.2. The van der Waals surface area contributed by atoms with Gasteiger partial charge in [0, 0.05) is 35.7 Å². The number of benzene rings is 2. The van der Waals surface area contributed by atoms with Crippen LogP contribution >= 0.6 is 11.6 Å². The van der Waals surface area contributed by atoms with E-state index in [1.54, 1.807) is 48.6 Å². The number of hydrogen-bond donors (Lipinski definition) is 4. The van der Waals surface area contributed by atoms with Gasteiger partial charge in [-0.25, -0.2) is 0 Å². The highest BCUT2D eigenvalue weighted by Crippen LogP contribution is 2.51. The summed E-state index contributed by atoms with van der Waals surface area (Å²) in [6.45, 7) is 3.39. The van der Waals surface area contributed by atoms with Crippen LogP contribution in [0.1, 0.15) is 35.4 Å². The van der Waals surface area contributed by atoms with Crippen molar-refractivity contribution in [1.29, 1.82) is 0 Å². The van der Waals surface area contributed by atoms with Crippen molar-refractivity contribution in [1.82, 2.24) is 10.2 Å². The number of carbonyl (C=O) groups excluding carboxylic acids is 2. The molecule has 1 aliphatic carbocycles. The molecule has 0 fully saturated rings. The van der Waals surface area contributed by atoms with Crippen LogP contribution in [0.3, 0.4) is 0 Å². The zero-order chi connectivity index (χ0) is 28.1. The Morgan fingerprint density at radius 1 is 1.21 bits per heavy atom. The lowest BCUT2D eigenvalue weighted by atomic mass is 9.77. The van der Waals surface area contributed by atoms with Crippen molar-refractivity contribution in [3.8, 4) is 11.5 Å². The molecule has 10 heteroatoms. The van der Waals surface area contributed by atoms with E-state index in [1.807, 2.05) is 0 Å². The molecule has 1 aliphatic heterocycles. The smallest absolute Gasteiger partial charge is 0.247 e. The van der Waals surface area contributed by atoms with Crippen molar-refractivity contribution in [3.05, 3.63) is 82.4 Å². The average molecular weight is 557 g/mol. The molecule has 1 heterocycles. The number of amides is 2. The Balaban J connectivity index is 1.80. The van der Waals surface area contributed by atoms with Gasteiger partial charge >= 0.3 is 0 Å². The second-order valence-electron chi connectivity index (χ2n) is 9.49. The molecule has 2 aromatic rings. The molecule has 4 N–H and O–H groups in total. The summed E-state index contributed by atoms with van der Waals surface area (Å²) in [5.74, 6) is -0.636. The van der Waals surface area contributed by atoms with Crippen LogP contribution in [0.15, 0.2) is 60.7 Å². The third kappa shape index (κ3) is 5.96. The second-order valence-corrected chi connectivity index (χ2v) is 9.93. The van der Waals surface area contributed by atoms with Gasteiger partial charge in [0.2, 0.25) is 11.8 Å². The number of methoxy groups -OCH3 is 1. The van der Waals surface area contributed by atoms with Gasteiger partial charge in [0.15, 0.2) is 11.5 Å².